The summed E-state index contributed by atoms with van der Waals surface area (Å²) < 4.78 is 35.7. The number of ether oxygens (including phenoxy) is 1. The number of amides is 1. The van der Waals surface area contributed by atoms with Crippen LogP contribution in [0.1, 0.15) is 49.6 Å². The van der Waals surface area contributed by atoms with Gasteiger partial charge in [-0.25, -0.2) is 8.78 Å². The molecule has 1 aromatic carbocycles. The van der Waals surface area contributed by atoms with Gasteiger partial charge in [-0.15, -0.1) is 0 Å². The maximum Gasteiger partial charge on any atom is 0.219 e. The van der Waals surface area contributed by atoms with Crippen LogP contribution in [-0.2, 0) is 28.9 Å². The zero-order chi connectivity index (χ0) is 22.8. The van der Waals surface area contributed by atoms with Gasteiger partial charge >= 0.3 is 0 Å². The van der Waals surface area contributed by atoms with Crippen LogP contribution in [0.3, 0.4) is 0 Å². The Labute approximate surface area is 187 Å². The molecule has 1 unspecified atom stereocenters. The van der Waals surface area contributed by atoms with Crippen LogP contribution in [-0.4, -0.2) is 46.5 Å². The Hall–Kier alpha value is -2.74. The van der Waals surface area contributed by atoms with E-state index in [1.807, 2.05) is 10.7 Å². The Morgan fingerprint density at radius 2 is 2.25 bits per heavy atom. The second kappa shape index (κ2) is 9.40. The molecule has 32 heavy (non-hydrogen) atoms. The second-order valence-electron chi connectivity index (χ2n) is 8.64. The molecule has 0 spiro atoms. The molecular weight excluding hydrogens is 414 g/mol. The Kier molecular flexibility index (Phi) is 6.60. The molecule has 1 saturated heterocycles. The van der Waals surface area contributed by atoms with Crippen LogP contribution < -0.4 is 5.32 Å². The first kappa shape index (κ1) is 22.5. The maximum absolute atomic E-state index is 14.9. The number of carbonyl (C=O) groups excluding carboxylic acids is 1. The highest BCUT2D eigenvalue weighted by molar-refractivity contribution is 5.74. The predicted octanol–water partition coefficient (Wildman–Crippen LogP) is 4.48. The van der Waals surface area contributed by atoms with Crippen LogP contribution >= 0.6 is 0 Å². The van der Waals surface area contributed by atoms with Crippen LogP contribution in [0.4, 0.5) is 20.3 Å². The fourth-order valence-electron chi connectivity index (χ4n) is 4.28. The van der Waals surface area contributed by atoms with Gasteiger partial charge in [-0.05, 0) is 49.5 Å². The van der Waals surface area contributed by atoms with Gasteiger partial charge in [0.15, 0.2) is 5.82 Å². The molecule has 0 saturated carbocycles. The molecule has 4 rings (SSSR count). The number of alkyl halides is 1. The zero-order valence-corrected chi connectivity index (χ0v) is 18.7. The van der Waals surface area contributed by atoms with Gasteiger partial charge in [0.2, 0.25) is 5.91 Å². The van der Waals surface area contributed by atoms with Gasteiger partial charge in [-0.1, -0.05) is 12.6 Å². The maximum atomic E-state index is 14.9. The van der Waals surface area contributed by atoms with Crippen molar-refractivity contribution in [2.75, 3.05) is 25.1 Å². The van der Waals surface area contributed by atoms with Crippen molar-refractivity contribution >= 4 is 17.4 Å². The molecular formula is C24H30F2N4O2. The second-order valence-corrected chi connectivity index (χ2v) is 8.64. The van der Waals surface area contributed by atoms with Gasteiger partial charge in [-0.2, -0.15) is 5.10 Å². The number of allylic oxidation sites excluding steroid dienone is 1. The molecule has 1 N–H and O–H groups in total. The monoisotopic (exact) mass is 444 g/mol. The van der Waals surface area contributed by atoms with Crippen LogP contribution in [0.5, 0.6) is 0 Å². The highest BCUT2D eigenvalue weighted by Gasteiger charge is 2.30. The Balaban J connectivity index is 1.57. The number of benzene rings is 1. The lowest BCUT2D eigenvalue weighted by Crippen LogP contribution is -2.35. The van der Waals surface area contributed by atoms with E-state index in [1.165, 1.54) is 13.0 Å². The number of anilines is 2. The standard InChI is InChI=1S/C24H30F2N4O2/c1-15(16(2)25)4-5-18-6-7-22(21(26)12-18)27-24-20-13-29(17(3)31)10-8-23(20)30(28-24)19-9-11-32-14-19/h6-7,12,16,19H,1,4-5,8-11,13-14H2,2-3H3,(H,27,28)/t16?,19-/m0/s1. The lowest BCUT2D eigenvalue weighted by atomic mass is 10.0. The van der Waals surface area contributed by atoms with Crippen LogP contribution in [0.2, 0.25) is 0 Å². The first-order valence-electron chi connectivity index (χ1n) is 11.1. The van der Waals surface area contributed by atoms with E-state index in [4.69, 9.17) is 9.84 Å². The first-order chi connectivity index (χ1) is 15.3. The number of nitrogens with one attached hydrogen (secondary N) is 1. The fourth-order valence-corrected chi connectivity index (χ4v) is 4.28. The summed E-state index contributed by atoms with van der Waals surface area (Å²) in [6.45, 7) is 9.15. The third-order valence-corrected chi connectivity index (χ3v) is 6.37. The van der Waals surface area contributed by atoms with Crippen molar-refractivity contribution in [1.82, 2.24) is 14.7 Å². The molecule has 1 aromatic heterocycles. The summed E-state index contributed by atoms with van der Waals surface area (Å²) in [5.41, 5.74) is 3.62. The van der Waals surface area contributed by atoms with Gasteiger partial charge in [0.1, 0.15) is 12.0 Å². The van der Waals surface area contributed by atoms with Crippen LogP contribution in [0.15, 0.2) is 30.4 Å². The number of hydrogen-bond acceptors (Lipinski definition) is 4. The molecule has 8 heteroatoms. The third-order valence-electron chi connectivity index (χ3n) is 6.37. The number of rotatable bonds is 7. The van der Waals surface area contributed by atoms with Crippen LogP contribution in [0.25, 0.3) is 0 Å². The number of halogens is 2. The minimum atomic E-state index is -1.07. The highest BCUT2D eigenvalue weighted by Crippen LogP contribution is 2.33. The lowest BCUT2D eigenvalue weighted by molar-refractivity contribution is -0.129. The third kappa shape index (κ3) is 4.70. The van der Waals surface area contributed by atoms with E-state index in [2.05, 4.69) is 11.9 Å². The smallest absolute Gasteiger partial charge is 0.219 e. The molecule has 1 amide bonds. The quantitative estimate of drug-likeness (QED) is 0.640. The molecule has 6 nitrogen and oxygen atoms in total. The van der Waals surface area contributed by atoms with E-state index in [1.54, 1.807) is 17.9 Å². The van der Waals surface area contributed by atoms with Gasteiger partial charge in [0.05, 0.1) is 24.9 Å². The van der Waals surface area contributed by atoms with Crippen molar-refractivity contribution in [2.45, 2.75) is 58.3 Å². The van der Waals surface area contributed by atoms with Gasteiger partial charge in [0.25, 0.3) is 0 Å². The van der Waals surface area contributed by atoms with Crippen molar-refractivity contribution < 1.29 is 18.3 Å². The molecule has 172 valence electrons. The minimum Gasteiger partial charge on any atom is -0.379 e. The SMILES string of the molecule is C=C(CCc1ccc(Nc2nn([C@H]3CCOC3)c3c2CN(C(C)=O)CC3)c(F)c1)C(C)F. The molecule has 0 radical (unpaired) electrons. The van der Waals surface area contributed by atoms with Crippen molar-refractivity contribution in [2.24, 2.45) is 0 Å². The summed E-state index contributed by atoms with van der Waals surface area (Å²) >= 11 is 0. The van der Waals surface area contributed by atoms with E-state index in [0.717, 1.165) is 23.2 Å². The summed E-state index contributed by atoms with van der Waals surface area (Å²) in [5.74, 6) is 0.190. The normalized spacial score (nSPS) is 19.0. The first-order valence-corrected chi connectivity index (χ1v) is 11.1. The largest absolute Gasteiger partial charge is 0.379 e. The van der Waals surface area contributed by atoms with E-state index < -0.39 is 12.0 Å². The summed E-state index contributed by atoms with van der Waals surface area (Å²) in [5, 5.41) is 7.92. The predicted molar refractivity (Wildman–Crippen MR) is 119 cm³/mol. The van der Waals surface area contributed by atoms with E-state index >= 15 is 0 Å². The molecule has 0 aliphatic carbocycles. The molecule has 2 aliphatic heterocycles. The van der Waals surface area contributed by atoms with Crippen LogP contribution in [0, 0.1) is 5.82 Å². The molecule has 2 atom stereocenters. The van der Waals surface area contributed by atoms with Gasteiger partial charge in [-0.3, -0.25) is 9.48 Å². The Morgan fingerprint density at radius 1 is 1.44 bits per heavy atom. The number of aromatic nitrogens is 2. The Morgan fingerprint density at radius 3 is 2.91 bits per heavy atom. The average molecular weight is 445 g/mol. The summed E-state index contributed by atoms with van der Waals surface area (Å²) in [7, 11) is 0. The molecule has 2 aromatic rings. The van der Waals surface area contributed by atoms with Crippen molar-refractivity contribution in [1.29, 1.82) is 0 Å². The van der Waals surface area contributed by atoms with Gasteiger partial charge in [0, 0.05) is 37.8 Å². The van der Waals surface area contributed by atoms with Crippen molar-refractivity contribution in [3.63, 3.8) is 0 Å². The van der Waals surface area contributed by atoms with E-state index in [-0.39, 0.29) is 11.9 Å². The average Bonchev–Trinajstić information content (AvgIpc) is 3.41. The summed E-state index contributed by atoms with van der Waals surface area (Å²) in [6, 6.07) is 5.13. The van der Waals surface area contributed by atoms with E-state index in [0.29, 0.717) is 62.6 Å². The fraction of sp³-hybridized carbons (Fsp3) is 0.500. The number of fused-ring (bicyclic) bond motifs is 1. The number of aryl methyl sites for hydroxylation is 1. The number of nitrogens with zero attached hydrogens (tertiary/aromatic N) is 3. The van der Waals surface area contributed by atoms with Crippen molar-refractivity contribution in [3.8, 4) is 0 Å². The zero-order valence-electron chi connectivity index (χ0n) is 18.7. The summed E-state index contributed by atoms with van der Waals surface area (Å²) in [4.78, 5) is 13.7. The summed E-state index contributed by atoms with van der Waals surface area (Å²) in [6.07, 6.45) is 1.53. The lowest BCUT2D eigenvalue weighted by Gasteiger charge is -2.27. The molecule has 0 bridgehead atoms. The number of hydrogen-bond donors (Lipinski definition) is 1. The Bertz CT molecular complexity index is 1010. The molecule has 1 fully saturated rings. The van der Waals surface area contributed by atoms with Crippen molar-refractivity contribution in [3.05, 3.63) is 53.0 Å². The van der Waals surface area contributed by atoms with E-state index in [9.17, 15) is 13.6 Å². The number of carbonyl (C=O) groups is 1. The highest BCUT2D eigenvalue weighted by atomic mass is 19.1. The van der Waals surface area contributed by atoms with Gasteiger partial charge < -0.3 is 15.0 Å². The molecule has 2 aliphatic rings. The molecule has 3 heterocycles. The topological polar surface area (TPSA) is 59.4 Å². The minimum absolute atomic E-state index is 0.0123.